The van der Waals surface area contributed by atoms with Crippen molar-refractivity contribution in [3.8, 4) is 0 Å². The average Bonchev–Trinajstić information content (AvgIpc) is 2.47. The maximum atomic E-state index is 5.49. The predicted molar refractivity (Wildman–Crippen MR) is 56.8 cm³/mol. The minimum absolute atomic E-state index is 0.371. The van der Waals surface area contributed by atoms with Gasteiger partial charge < -0.3 is 5.84 Å². The van der Waals surface area contributed by atoms with Crippen LogP contribution in [0.5, 0.6) is 0 Å². The van der Waals surface area contributed by atoms with E-state index in [1.54, 1.807) is 0 Å². The molecule has 0 atom stereocenters. The van der Waals surface area contributed by atoms with Gasteiger partial charge in [0, 0.05) is 6.42 Å². The highest BCUT2D eigenvalue weighted by atomic mass is 32.1. The van der Waals surface area contributed by atoms with Crippen LogP contribution >= 0.6 is 12.2 Å². The topological polar surface area (TPSA) is 59.6 Å². The number of rotatable bonds is 2. The highest BCUT2D eigenvalue weighted by molar-refractivity contribution is 7.71. The van der Waals surface area contributed by atoms with Crippen LogP contribution in [0, 0.1) is 4.77 Å². The standard InChI is InChI=1S/C9H10N4S/c10-13-9(14)11-8(12-13)6-7-4-2-1-3-5-7/h1-5H,6,10H2,(H,11,12,14). The molecule has 0 aliphatic heterocycles. The summed E-state index contributed by atoms with van der Waals surface area (Å²) in [5.41, 5.74) is 1.18. The fourth-order valence-electron chi connectivity index (χ4n) is 1.25. The van der Waals surface area contributed by atoms with E-state index in [2.05, 4.69) is 10.1 Å². The summed E-state index contributed by atoms with van der Waals surface area (Å²) in [6.45, 7) is 0. The van der Waals surface area contributed by atoms with E-state index in [9.17, 15) is 0 Å². The van der Waals surface area contributed by atoms with Crippen molar-refractivity contribution in [1.29, 1.82) is 0 Å². The molecular weight excluding hydrogens is 196 g/mol. The van der Waals surface area contributed by atoms with Crippen molar-refractivity contribution in [1.82, 2.24) is 14.9 Å². The lowest BCUT2D eigenvalue weighted by Gasteiger charge is -1.95. The van der Waals surface area contributed by atoms with Crippen molar-refractivity contribution < 1.29 is 0 Å². The highest BCUT2D eigenvalue weighted by Gasteiger charge is 2.00. The normalized spacial score (nSPS) is 10.3. The number of hydrogen-bond donors (Lipinski definition) is 2. The molecule has 2 rings (SSSR count). The van der Waals surface area contributed by atoms with Crippen LogP contribution in [0.4, 0.5) is 0 Å². The van der Waals surface area contributed by atoms with E-state index in [-0.39, 0.29) is 0 Å². The summed E-state index contributed by atoms with van der Waals surface area (Å²) < 4.78 is 0.371. The lowest BCUT2D eigenvalue weighted by molar-refractivity contribution is 0.797. The van der Waals surface area contributed by atoms with Gasteiger partial charge in [-0.15, -0.1) is 0 Å². The van der Waals surface area contributed by atoms with Crippen LogP contribution in [0.1, 0.15) is 11.4 Å². The van der Waals surface area contributed by atoms with Crippen molar-refractivity contribution in [2.75, 3.05) is 5.84 Å². The van der Waals surface area contributed by atoms with Gasteiger partial charge in [-0.1, -0.05) is 30.3 Å². The number of hydrogen-bond acceptors (Lipinski definition) is 3. The molecule has 5 heteroatoms. The molecule has 0 aliphatic rings. The second kappa shape index (κ2) is 3.63. The molecule has 4 nitrogen and oxygen atoms in total. The van der Waals surface area contributed by atoms with Crippen molar-refractivity contribution in [3.63, 3.8) is 0 Å². The van der Waals surface area contributed by atoms with Gasteiger partial charge in [-0.05, 0) is 17.8 Å². The maximum Gasteiger partial charge on any atom is 0.236 e. The number of nitrogens with two attached hydrogens (primary N) is 1. The third kappa shape index (κ3) is 1.82. The summed E-state index contributed by atoms with van der Waals surface area (Å²) in [4.78, 5) is 5.35. The van der Waals surface area contributed by atoms with E-state index < -0.39 is 0 Å². The van der Waals surface area contributed by atoms with Crippen LogP contribution in [-0.2, 0) is 6.42 Å². The summed E-state index contributed by atoms with van der Waals surface area (Å²) in [7, 11) is 0. The van der Waals surface area contributed by atoms with Crippen molar-refractivity contribution in [2.24, 2.45) is 0 Å². The average molecular weight is 206 g/mol. The first kappa shape index (κ1) is 8.96. The van der Waals surface area contributed by atoms with Crippen LogP contribution < -0.4 is 5.84 Å². The summed E-state index contributed by atoms with van der Waals surface area (Å²) in [6, 6.07) is 10.0. The zero-order valence-electron chi connectivity index (χ0n) is 7.47. The lowest BCUT2D eigenvalue weighted by atomic mass is 10.1. The quantitative estimate of drug-likeness (QED) is 0.574. The minimum atomic E-state index is 0.371. The molecule has 14 heavy (non-hydrogen) atoms. The van der Waals surface area contributed by atoms with Gasteiger partial charge in [0.15, 0.2) is 0 Å². The number of aromatic amines is 1. The number of H-pyrrole nitrogens is 1. The van der Waals surface area contributed by atoms with Gasteiger partial charge in [-0.3, -0.25) is 5.10 Å². The summed E-state index contributed by atoms with van der Waals surface area (Å²) in [5.74, 6) is 6.27. The largest absolute Gasteiger partial charge is 0.322 e. The molecule has 0 saturated heterocycles. The zero-order valence-corrected chi connectivity index (χ0v) is 8.29. The van der Waals surface area contributed by atoms with Crippen LogP contribution in [0.3, 0.4) is 0 Å². The molecule has 3 N–H and O–H groups in total. The smallest absolute Gasteiger partial charge is 0.236 e. The molecule has 0 bridgehead atoms. The fourth-order valence-corrected chi connectivity index (χ4v) is 1.41. The first-order chi connectivity index (χ1) is 6.75. The van der Waals surface area contributed by atoms with E-state index in [1.807, 2.05) is 30.3 Å². The van der Waals surface area contributed by atoms with Gasteiger partial charge in [0.2, 0.25) is 4.77 Å². The number of nitrogens with one attached hydrogen (secondary N) is 1. The summed E-state index contributed by atoms with van der Waals surface area (Å²) in [5, 5.41) is 2.87. The third-order valence-electron chi connectivity index (χ3n) is 1.90. The molecular formula is C9H10N4S. The zero-order chi connectivity index (χ0) is 9.97. The predicted octanol–water partition coefficient (Wildman–Crippen LogP) is 1.25. The van der Waals surface area contributed by atoms with E-state index in [0.29, 0.717) is 11.2 Å². The molecule has 0 spiro atoms. The van der Waals surface area contributed by atoms with Crippen LogP contribution in [0.25, 0.3) is 0 Å². The molecule has 0 radical (unpaired) electrons. The number of nitrogen functional groups attached to an aromatic ring is 1. The number of aromatic nitrogens is 3. The second-order valence-corrected chi connectivity index (χ2v) is 3.35. The Bertz CT molecular complexity index is 471. The molecule has 72 valence electrons. The van der Waals surface area contributed by atoms with Crippen molar-refractivity contribution in [3.05, 3.63) is 46.5 Å². The fraction of sp³-hybridized carbons (Fsp3) is 0.111. The van der Waals surface area contributed by atoms with E-state index in [4.69, 9.17) is 18.1 Å². The monoisotopic (exact) mass is 206 g/mol. The Morgan fingerprint density at radius 1 is 1.36 bits per heavy atom. The van der Waals surface area contributed by atoms with Gasteiger partial charge in [-0.2, -0.15) is 4.79 Å². The van der Waals surface area contributed by atoms with Gasteiger partial charge in [0.05, 0.1) is 0 Å². The Morgan fingerprint density at radius 3 is 2.64 bits per heavy atom. The molecule has 1 aromatic heterocycles. The molecule has 1 aromatic carbocycles. The van der Waals surface area contributed by atoms with Crippen LogP contribution in [-0.4, -0.2) is 14.9 Å². The lowest BCUT2D eigenvalue weighted by Crippen LogP contribution is -2.10. The Morgan fingerprint density at radius 2 is 2.07 bits per heavy atom. The Labute approximate surface area is 86.3 Å². The SMILES string of the molecule is Nn1[nH]c(Cc2ccccc2)nc1=S. The number of nitrogens with zero attached hydrogens (tertiary/aromatic N) is 2. The Balaban J connectivity index is 2.23. The van der Waals surface area contributed by atoms with Crippen molar-refractivity contribution in [2.45, 2.75) is 6.42 Å². The minimum Gasteiger partial charge on any atom is -0.322 e. The van der Waals surface area contributed by atoms with E-state index in [0.717, 1.165) is 5.82 Å². The molecule has 0 saturated carbocycles. The molecule has 0 unspecified atom stereocenters. The number of benzene rings is 1. The highest BCUT2D eigenvalue weighted by Crippen LogP contribution is 2.04. The van der Waals surface area contributed by atoms with Gasteiger partial charge >= 0.3 is 0 Å². The molecule has 2 aromatic rings. The van der Waals surface area contributed by atoms with Gasteiger partial charge in [-0.25, -0.2) is 4.98 Å². The van der Waals surface area contributed by atoms with Gasteiger partial charge in [0.1, 0.15) is 5.82 Å². The third-order valence-corrected chi connectivity index (χ3v) is 2.19. The Hall–Kier alpha value is -1.62. The second-order valence-electron chi connectivity index (χ2n) is 2.99. The maximum absolute atomic E-state index is 5.49. The molecule has 0 amide bonds. The Kier molecular flexibility index (Phi) is 2.32. The van der Waals surface area contributed by atoms with E-state index in [1.165, 1.54) is 10.4 Å². The van der Waals surface area contributed by atoms with Crippen LogP contribution in [0.15, 0.2) is 30.3 Å². The van der Waals surface area contributed by atoms with E-state index >= 15 is 0 Å². The summed E-state index contributed by atoms with van der Waals surface area (Å²) >= 11 is 4.89. The molecule has 1 heterocycles. The first-order valence-electron chi connectivity index (χ1n) is 4.22. The van der Waals surface area contributed by atoms with Crippen molar-refractivity contribution >= 4 is 12.2 Å². The molecule has 0 aliphatic carbocycles. The molecule has 0 fully saturated rings. The van der Waals surface area contributed by atoms with Crippen LogP contribution in [0.2, 0.25) is 0 Å². The summed E-state index contributed by atoms with van der Waals surface area (Å²) in [6.07, 6.45) is 0.717. The first-order valence-corrected chi connectivity index (χ1v) is 4.63. The van der Waals surface area contributed by atoms with Gasteiger partial charge in [0.25, 0.3) is 0 Å².